The summed E-state index contributed by atoms with van der Waals surface area (Å²) in [5.41, 5.74) is 5.17. The van der Waals surface area contributed by atoms with Crippen LogP contribution in [0, 0.1) is 5.92 Å². The van der Waals surface area contributed by atoms with Gasteiger partial charge < -0.3 is 15.2 Å². The van der Waals surface area contributed by atoms with Crippen LogP contribution in [0.15, 0.2) is 37.1 Å². The van der Waals surface area contributed by atoms with Crippen molar-refractivity contribution in [2.45, 2.75) is 32.8 Å². The maximum absolute atomic E-state index is 10.9. The van der Waals surface area contributed by atoms with E-state index in [1.54, 1.807) is 12.2 Å². The lowest BCUT2D eigenvalue weighted by Crippen LogP contribution is -2.36. The zero-order chi connectivity index (χ0) is 16.3. The van der Waals surface area contributed by atoms with Crippen LogP contribution in [0.5, 0.6) is 0 Å². The van der Waals surface area contributed by atoms with Gasteiger partial charge in [0.05, 0.1) is 12.2 Å². The predicted octanol–water partition coefficient (Wildman–Crippen LogP) is 1.62. The van der Waals surface area contributed by atoms with E-state index < -0.39 is 12.0 Å². The number of primary amides is 1. The van der Waals surface area contributed by atoms with E-state index in [0.29, 0.717) is 6.42 Å². The van der Waals surface area contributed by atoms with Gasteiger partial charge in [-0.2, -0.15) is 0 Å². The number of carbonyl (C=O) groups is 3. The number of hydrogen-bond acceptors (Lipinski definition) is 5. The molecule has 2 atom stereocenters. The summed E-state index contributed by atoms with van der Waals surface area (Å²) >= 11 is 0. The molecular formula is C15H21NO5. The molecule has 0 aromatic rings. The van der Waals surface area contributed by atoms with Crippen molar-refractivity contribution < 1.29 is 23.9 Å². The topological polar surface area (TPSA) is 95.7 Å². The van der Waals surface area contributed by atoms with Gasteiger partial charge in [-0.1, -0.05) is 18.7 Å². The summed E-state index contributed by atoms with van der Waals surface area (Å²) in [5.74, 6) is -1.48. The number of esters is 2. The zero-order valence-electron chi connectivity index (χ0n) is 12.3. The molecule has 0 fully saturated rings. The molecule has 0 aromatic carbocycles. The highest BCUT2D eigenvalue weighted by atomic mass is 16.5. The standard InChI is InChI=1S/C9H13NO3.C6H8O2/c1-6(11)13-8-5-3-2-4-7(8)9(10)12;1-3-4-5-8-6(2)7/h3,5,7-8H,2,4H2,1H3,(H2,10,12);3-5H,1H2,2H3. The maximum Gasteiger partial charge on any atom is 0.307 e. The Bertz CT molecular complexity index is 439. The molecule has 0 spiro atoms. The van der Waals surface area contributed by atoms with Crippen molar-refractivity contribution in [1.82, 2.24) is 0 Å². The third-order valence-corrected chi connectivity index (χ3v) is 2.48. The molecule has 21 heavy (non-hydrogen) atoms. The second kappa shape index (κ2) is 10.4. The summed E-state index contributed by atoms with van der Waals surface area (Å²) in [5, 5.41) is 0. The molecule has 1 amide bonds. The van der Waals surface area contributed by atoms with Gasteiger partial charge in [0.2, 0.25) is 5.91 Å². The smallest absolute Gasteiger partial charge is 0.307 e. The second-order valence-corrected chi connectivity index (χ2v) is 4.26. The number of carbonyl (C=O) groups excluding carboxylic acids is 3. The first kappa shape index (κ1) is 18.6. The lowest BCUT2D eigenvalue weighted by Gasteiger charge is -2.24. The van der Waals surface area contributed by atoms with Crippen molar-refractivity contribution in [3.05, 3.63) is 37.1 Å². The highest BCUT2D eigenvalue weighted by molar-refractivity contribution is 5.78. The van der Waals surface area contributed by atoms with Crippen LogP contribution in [-0.4, -0.2) is 23.9 Å². The fraction of sp³-hybridized carbons (Fsp3) is 0.400. The fourth-order valence-corrected chi connectivity index (χ4v) is 1.61. The average Bonchev–Trinajstić information content (AvgIpc) is 2.39. The first-order valence-electron chi connectivity index (χ1n) is 6.46. The number of rotatable bonds is 4. The van der Waals surface area contributed by atoms with Crippen molar-refractivity contribution in [1.29, 1.82) is 0 Å². The molecule has 6 nitrogen and oxygen atoms in total. The molecule has 2 unspecified atom stereocenters. The molecule has 6 heteroatoms. The van der Waals surface area contributed by atoms with Crippen LogP contribution in [0.2, 0.25) is 0 Å². The zero-order valence-corrected chi connectivity index (χ0v) is 12.3. The van der Waals surface area contributed by atoms with Crippen LogP contribution in [0.25, 0.3) is 0 Å². The Hall–Kier alpha value is -2.37. The molecule has 2 N–H and O–H groups in total. The fourth-order valence-electron chi connectivity index (χ4n) is 1.61. The summed E-state index contributed by atoms with van der Waals surface area (Å²) in [6, 6.07) is 0. The van der Waals surface area contributed by atoms with Crippen LogP contribution in [0.1, 0.15) is 26.7 Å². The van der Waals surface area contributed by atoms with Gasteiger partial charge in [0, 0.05) is 13.8 Å². The van der Waals surface area contributed by atoms with Gasteiger partial charge >= 0.3 is 11.9 Å². The van der Waals surface area contributed by atoms with E-state index in [2.05, 4.69) is 11.3 Å². The van der Waals surface area contributed by atoms with Gasteiger partial charge in [0.25, 0.3) is 0 Å². The van der Waals surface area contributed by atoms with E-state index in [0.717, 1.165) is 6.42 Å². The highest BCUT2D eigenvalue weighted by Gasteiger charge is 2.28. The van der Waals surface area contributed by atoms with Gasteiger partial charge in [-0.25, -0.2) is 0 Å². The Morgan fingerprint density at radius 3 is 2.43 bits per heavy atom. The summed E-state index contributed by atoms with van der Waals surface area (Å²) < 4.78 is 9.33. The Kier molecular flexibility index (Phi) is 9.25. The van der Waals surface area contributed by atoms with Gasteiger partial charge in [-0.15, -0.1) is 0 Å². The van der Waals surface area contributed by atoms with E-state index in [1.165, 1.54) is 26.2 Å². The quantitative estimate of drug-likeness (QED) is 0.368. The Morgan fingerprint density at radius 2 is 1.95 bits per heavy atom. The SMILES string of the molecule is C=CC=COC(C)=O.CC(=O)OC1C=CCCC1C(N)=O. The largest absolute Gasteiger partial charge is 0.457 e. The normalized spacial score (nSPS) is 20.1. The highest BCUT2D eigenvalue weighted by Crippen LogP contribution is 2.21. The van der Waals surface area contributed by atoms with Crippen LogP contribution >= 0.6 is 0 Å². The third kappa shape index (κ3) is 9.21. The van der Waals surface area contributed by atoms with Crippen molar-refractivity contribution in [2.24, 2.45) is 11.7 Å². The van der Waals surface area contributed by atoms with Crippen molar-refractivity contribution in [2.75, 3.05) is 0 Å². The molecule has 0 bridgehead atoms. The Balaban J connectivity index is 0.000000433. The molecule has 0 aliphatic heterocycles. The minimum atomic E-state index is -0.469. The maximum atomic E-state index is 10.9. The Labute approximate surface area is 124 Å². The van der Waals surface area contributed by atoms with Crippen molar-refractivity contribution >= 4 is 17.8 Å². The molecule has 0 saturated heterocycles. The number of allylic oxidation sites excluding steroid dienone is 3. The molecule has 1 aliphatic carbocycles. The first-order chi connectivity index (χ1) is 9.88. The second-order valence-electron chi connectivity index (χ2n) is 4.26. The van der Waals surface area contributed by atoms with Crippen LogP contribution < -0.4 is 5.73 Å². The molecular weight excluding hydrogens is 274 g/mol. The van der Waals surface area contributed by atoms with E-state index in [1.807, 2.05) is 6.08 Å². The number of nitrogens with two attached hydrogens (primary N) is 1. The monoisotopic (exact) mass is 295 g/mol. The summed E-state index contributed by atoms with van der Waals surface area (Å²) in [6.45, 7) is 6.04. The minimum Gasteiger partial charge on any atom is -0.457 e. The van der Waals surface area contributed by atoms with Crippen molar-refractivity contribution in [3.63, 3.8) is 0 Å². The lowest BCUT2D eigenvalue weighted by atomic mass is 9.91. The number of hydrogen-bond donors (Lipinski definition) is 1. The molecule has 0 heterocycles. The van der Waals surface area contributed by atoms with E-state index in [4.69, 9.17) is 10.5 Å². The minimum absolute atomic E-state index is 0.317. The number of ether oxygens (including phenoxy) is 2. The van der Waals surface area contributed by atoms with E-state index >= 15 is 0 Å². The molecule has 1 aliphatic rings. The predicted molar refractivity (Wildman–Crippen MR) is 77.7 cm³/mol. The molecule has 1 rings (SSSR count). The van der Waals surface area contributed by atoms with E-state index in [9.17, 15) is 14.4 Å². The molecule has 0 aromatic heterocycles. The third-order valence-electron chi connectivity index (χ3n) is 2.48. The Morgan fingerprint density at radius 1 is 1.29 bits per heavy atom. The van der Waals surface area contributed by atoms with Crippen LogP contribution in [0.4, 0.5) is 0 Å². The average molecular weight is 295 g/mol. The lowest BCUT2D eigenvalue weighted by molar-refractivity contribution is -0.148. The summed E-state index contributed by atoms with van der Waals surface area (Å²) in [4.78, 5) is 31.6. The summed E-state index contributed by atoms with van der Waals surface area (Å²) in [7, 11) is 0. The molecule has 0 radical (unpaired) electrons. The number of amides is 1. The van der Waals surface area contributed by atoms with Crippen LogP contribution in [0.3, 0.4) is 0 Å². The molecule has 116 valence electrons. The van der Waals surface area contributed by atoms with E-state index in [-0.39, 0.29) is 17.9 Å². The van der Waals surface area contributed by atoms with Gasteiger partial charge in [0.15, 0.2) is 0 Å². The van der Waals surface area contributed by atoms with Gasteiger partial charge in [-0.05, 0) is 25.0 Å². The van der Waals surface area contributed by atoms with Crippen LogP contribution in [-0.2, 0) is 23.9 Å². The first-order valence-corrected chi connectivity index (χ1v) is 6.46. The van der Waals surface area contributed by atoms with Gasteiger partial charge in [0.1, 0.15) is 6.10 Å². The summed E-state index contributed by atoms with van der Waals surface area (Å²) in [6.07, 6.45) is 8.98. The van der Waals surface area contributed by atoms with Gasteiger partial charge in [-0.3, -0.25) is 14.4 Å². The van der Waals surface area contributed by atoms with Crippen molar-refractivity contribution in [3.8, 4) is 0 Å². The molecule has 0 saturated carbocycles.